The third-order valence-electron chi connectivity index (χ3n) is 5.30. The number of aliphatic imine (C=N–C) groups is 1. The molecule has 6 nitrogen and oxygen atoms in total. The third-order valence-corrected chi connectivity index (χ3v) is 5.30. The van der Waals surface area contributed by atoms with Gasteiger partial charge in [0.2, 0.25) is 0 Å². The van der Waals surface area contributed by atoms with Crippen molar-refractivity contribution in [3.63, 3.8) is 0 Å². The Morgan fingerprint density at radius 2 is 2.08 bits per heavy atom. The van der Waals surface area contributed by atoms with Crippen LogP contribution in [0.25, 0.3) is 0 Å². The van der Waals surface area contributed by atoms with Crippen molar-refractivity contribution >= 4 is 5.96 Å². The maximum absolute atomic E-state index is 4.90. The molecule has 2 rings (SSSR count). The molecule has 0 saturated carbocycles. The van der Waals surface area contributed by atoms with Crippen molar-refractivity contribution in [1.29, 1.82) is 0 Å². The van der Waals surface area contributed by atoms with Gasteiger partial charge >= 0.3 is 0 Å². The second-order valence-corrected chi connectivity index (χ2v) is 7.73. The van der Waals surface area contributed by atoms with Crippen LogP contribution in [0.15, 0.2) is 4.99 Å². The van der Waals surface area contributed by atoms with Gasteiger partial charge in [0.1, 0.15) is 12.4 Å². The molecule has 2 heterocycles. The highest BCUT2D eigenvalue weighted by Crippen LogP contribution is 2.33. The van der Waals surface area contributed by atoms with Crippen molar-refractivity contribution in [1.82, 2.24) is 25.0 Å². The van der Waals surface area contributed by atoms with E-state index >= 15 is 0 Å². The van der Waals surface area contributed by atoms with E-state index in [2.05, 4.69) is 41.2 Å². The van der Waals surface area contributed by atoms with Crippen LogP contribution in [0, 0.1) is 12.3 Å². The van der Waals surface area contributed by atoms with Gasteiger partial charge in [0.25, 0.3) is 0 Å². The summed E-state index contributed by atoms with van der Waals surface area (Å²) in [5, 5.41) is 12.0. The molecule has 1 aromatic heterocycles. The van der Waals surface area contributed by atoms with Crippen LogP contribution in [-0.2, 0) is 13.6 Å². The Labute approximate surface area is 153 Å². The normalized spacial score (nSPS) is 21.6. The minimum atomic E-state index is 0.404. The van der Waals surface area contributed by atoms with Gasteiger partial charge in [-0.05, 0) is 38.0 Å². The van der Waals surface area contributed by atoms with Gasteiger partial charge < -0.3 is 14.8 Å². The molecular weight excluding hydrogens is 312 g/mol. The summed E-state index contributed by atoms with van der Waals surface area (Å²) >= 11 is 0. The molecule has 0 radical (unpaired) electrons. The Morgan fingerprint density at radius 3 is 2.72 bits per heavy atom. The van der Waals surface area contributed by atoms with Gasteiger partial charge in [-0.15, -0.1) is 10.2 Å². The lowest BCUT2D eigenvalue weighted by Gasteiger charge is -2.42. The highest BCUT2D eigenvalue weighted by Gasteiger charge is 2.31. The van der Waals surface area contributed by atoms with Crippen molar-refractivity contribution in [2.24, 2.45) is 17.5 Å². The van der Waals surface area contributed by atoms with Gasteiger partial charge in [-0.3, -0.25) is 0 Å². The third kappa shape index (κ3) is 5.44. The summed E-state index contributed by atoms with van der Waals surface area (Å²) in [6, 6.07) is 0. The molecule has 1 aliphatic rings. The lowest BCUT2D eigenvalue weighted by atomic mass is 9.78. The second kappa shape index (κ2) is 9.20. The first-order valence-corrected chi connectivity index (χ1v) is 9.87. The zero-order valence-corrected chi connectivity index (χ0v) is 16.8. The first kappa shape index (κ1) is 19.7. The molecule has 0 aliphatic carbocycles. The predicted octanol–water partition coefficient (Wildman–Crippen LogP) is 3.27. The highest BCUT2D eigenvalue weighted by atomic mass is 15.3. The van der Waals surface area contributed by atoms with Crippen LogP contribution in [0.3, 0.4) is 0 Å². The van der Waals surface area contributed by atoms with Crippen LogP contribution in [0.2, 0.25) is 0 Å². The SMILES string of the molecule is CCCCNC(=NCc1nnc(C)n1C)N1CCCC(C)(CCC)C1. The van der Waals surface area contributed by atoms with E-state index in [9.17, 15) is 0 Å². The van der Waals surface area contributed by atoms with Crippen molar-refractivity contribution in [2.75, 3.05) is 19.6 Å². The average Bonchev–Trinajstić information content (AvgIpc) is 2.90. The maximum Gasteiger partial charge on any atom is 0.194 e. The number of aryl methyl sites for hydroxylation is 1. The van der Waals surface area contributed by atoms with E-state index in [0.29, 0.717) is 12.0 Å². The predicted molar refractivity (Wildman–Crippen MR) is 104 cm³/mol. The summed E-state index contributed by atoms with van der Waals surface area (Å²) in [6.07, 6.45) is 7.46. The number of guanidine groups is 1. The molecule has 25 heavy (non-hydrogen) atoms. The van der Waals surface area contributed by atoms with E-state index in [1.807, 2.05) is 18.5 Å². The van der Waals surface area contributed by atoms with E-state index in [-0.39, 0.29) is 0 Å². The summed E-state index contributed by atoms with van der Waals surface area (Å²) in [6.45, 7) is 12.7. The molecule has 1 saturated heterocycles. The average molecular weight is 349 g/mol. The molecule has 0 spiro atoms. The Kier molecular flexibility index (Phi) is 7.26. The number of hydrogen-bond acceptors (Lipinski definition) is 3. The van der Waals surface area contributed by atoms with E-state index in [4.69, 9.17) is 4.99 Å². The fourth-order valence-corrected chi connectivity index (χ4v) is 3.68. The zero-order chi connectivity index (χ0) is 18.3. The summed E-state index contributed by atoms with van der Waals surface area (Å²) in [4.78, 5) is 7.35. The fraction of sp³-hybridized carbons (Fsp3) is 0.842. The number of likely N-dealkylation sites (tertiary alicyclic amines) is 1. The molecule has 1 unspecified atom stereocenters. The molecule has 0 amide bonds. The van der Waals surface area contributed by atoms with Crippen molar-refractivity contribution in [3.05, 3.63) is 11.6 Å². The molecule has 142 valence electrons. The second-order valence-electron chi connectivity index (χ2n) is 7.73. The van der Waals surface area contributed by atoms with Crippen molar-refractivity contribution in [2.45, 2.75) is 72.8 Å². The van der Waals surface area contributed by atoms with Gasteiger partial charge in [0.15, 0.2) is 11.8 Å². The number of nitrogens with one attached hydrogen (secondary N) is 1. The first-order chi connectivity index (χ1) is 12.0. The molecule has 6 heteroatoms. The summed E-state index contributed by atoms with van der Waals surface area (Å²) in [5.41, 5.74) is 0.404. The molecule has 1 N–H and O–H groups in total. The van der Waals surface area contributed by atoms with E-state index in [1.54, 1.807) is 0 Å². The minimum absolute atomic E-state index is 0.404. The van der Waals surface area contributed by atoms with E-state index in [1.165, 1.54) is 38.5 Å². The monoisotopic (exact) mass is 348 g/mol. The van der Waals surface area contributed by atoms with Crippen LogP contribution in [0.4, 0.5) is 0 Å². The number of unbranched alkanes of at least 4 members (excludes halogenated alkanes) is 1. The number of nitrogens with zero attached hydrogens (tertiary/aromatic N) is 5. The molecular formula is C19H36N6. The van der Waals surface area contributed by atoms with Gasteiger partial charge in [0.05, 0.1) is 0 Å². The van der Waals surface area contributed by atoms with E-state index in [0.717, 1.165) is 37.2 Å². The summed E-state index contributed by atoms with van der Waals surface area (Å²) in [7, 11) is 2.00. The standard InChI is InChI=1S/C19H36N6/c1-6-8-12-20-18(21-14-17-23-22-16(3)24(17)5)25-13-9-11-19(4,15-25)10-7-2/h6-15H2,1-5H3,(H,20,21). The lowest BCUT2D eigenvalue weighted by molar-refractivity contribution is 0.142. The van der Waals surface area contributed by atoms with Gasteiger partial charge in [-0.1, -0.05) is 33.6 Å². The van der Waals surface area contributed by atoms with Crippen LogP contribution < -0.4 is 5.32 Å². The van der Waals surface area contributed by atoms with Crippen LogP contribution in [0.5, 0.6) is 0 Å². The number of rotatable bonds is 7. The molecule has 0 bridgehead atoms. The Morgan fingerprint density at radius 1 is 1.28 bits per heavy atom. The first-order valence-electron chi connectivity index (χ1n) is 9.87. The van der Waals surface area contributed by atoms with Gasteiger partial charge in [-0.2, -0.15) is 0 Å². The Balaban J connectivity index is 2.11. The fourth-order valence-electron chi connectivity index (χ4n) is 3.68. The van der Waals surface area contributed by atoms with Gasteiger partial charge in [-0.25, -0.2) is 4.99 Å². The Bertz CT molecular complexity index is 560. The largest absolute Gasteiger partial charge is 0.356 e. The zero-order valence-electron chi connectivity index (χ0n) is 16.8. The molecule has 1 fully saturated rings. The number of hydrogen-bond donors (Lipinski definition) is 1. The summed E-state index contributed by atoms with van der Waals surface area (Å²) in [5.74, 6) is 2.89. The lowest BCUT2D eigenvalue weighted by Crippen LogP contribution is -2.50. The Hall–Kier alpha value is -1.59. The van der Waals surface area contributed by atoms with Crippen LogP contribution >= 0.6 is 0 Å². The number of piperidine rings is 1. The summed E-state index contributed by atoms with van der Waals surface area (Å²) < 4.78 is 2.02. The van der Waals surface area contributed by atoms with E-state index < -0.39 is 0 Å². The van der Waals surface area contributed by atoms with Crippen molar-refractivity contribution in [3.8, 4) is 0 Å². The molecule has 1 aliphatic heterocycles. The maximum atomic E-state index is 4.90. The molecule has 1 atom stereocenters. The van der Waals surface area contributed by atoms with Crippen LogP contribution in [0.1, 0.15) is 70.9 Å². The minimum Gasteiger partial charge on any atom is -0.356 e. The smallest absolute Gasteiger partial charge is 0.194 e. The van der Waals surface area contributed by atoms with Gasteiger partial charge in [0, 0.05) is 26.7 Å². The molecule has 1 aromatic rings. The van der Waals surface area contributed by atoms with Crippen LogP contribution in [-0.4, -0.2) is 45.3 Å². The molecule has 0 aromatic carbocycles. The number of aromatic nitrogens is 3. The quantitative estimate of drug-likeness (QED) is 0.467. The van der Waals surface area contributed by atoms with Crippen molar-refractivity contribution < 1.29 is 0 Å². The topological polar surface area (TPSA) is 58.3 Å². The highest BCUT2D eigenvalue weighted by molar-refractivity contribution is 5.80.